The van der Waals surface area contributed by atoms with Crippen LogP contribution in [0, 0.1) is 0 Å². The number of aromatic nitrogens is 3. The Labute approximate surface area is 145 Å². The van der Waals surface area contributed by atoms with Crippen LogP contribution in [0.5, 0.6) is 0 Å². The van der Waals surface area contributed by atoms with E-state index < -0.39 is 0 Å². The third-order valence-corrected chi connectivity index (χ3v) is 4.46. The lowest BCUT2D eigenvalue weighted by Gasteiger charge is -2.21. The van der Waals surface area contributed by atoms with Crippen LogP contribution in [-0.2, 0) is 0 Å². The van der Waals surface area contributed by atoms with Crippen LogP contribution in [0.25, 0.3) is 16.6 Å². The van der Waals surface area contributed by atoms with Gasteiger partial charge in [0.25, 0.3) is 5.91 Å². The Balaban J connectivity index is 1.63. The molecule has 4 heterocycles. The number of aromatic amines is 1. The highest BCUT2D eigenvalue weighted by atomic mass is 16.1. The van der Waals surface area contributed by atoms with Crippen molar-refractivity contribution in [1.29, 1.82) is 0 Å². The minimum Gasteiger partial charge on any atom is -0.359 e. The summed E-state index contributed by atoms with van der Waals surface area (Å²) in [5.41, 5.74) is 4.84. The van der Waals surface area contributed by atoms with Gasteiger partial charge < -0.3 is 15.2 Å². The van der Waals surface area contributed by atoms with E-state index in [1.54, 1.807) is 24.5 Å². The predicted octanol–water partition coefficient (Wildman–Crippen LogP) is 2.93. The van der Waals surface area contributed by atoms with E-state index in [-0.39, 0.29) is 5.91 Å². The first-order chi connectivity index (χ1) is 12.2. The average Bonchev–Trinajstić information content (AvgIpc) is 3.06. The summed E-state index contributed by atoms with van der Waals surface area (Å²) in [6.45, 7) is 1.98. The standard InChI is InChI=1S/C19H19N5O/c1-24-10-6-13(7-11-24)15-12-21-16-2-3-17(22-18(15)16)23-19(25)14-4-8-20-9-5-14/h2-6,8-9,12,21H,7,10-11H2,1H3,(H,22,23,25). The Morgan fingerprint density at radius 3 is 2.84 bits per heavy atom. The van der Waals surface area contributed by atoms with Crippen molar-refractivity contribution in [3.8, 4) is 0 Å². The number of carbonyl (C=O) groups excluding carboxylic acids is 1. The average molecular weight is 333 g/mol. The second-order valence-corrected chi connectivity index (χ2v) is 6.23. The summed E-state index contributed by atoms with van der Waals surface area (Å²) in [4.78, 5) is 26.5. The van der Waals surface area contributed by atoms with Gasteiger partial charge in [-0.25, -0.2) is 4.98 Å². The number of H-pyrrole nitrogens is 1. The summed E-state index contributed by atoms with van der Waals surface area (Å²) >= 11 is 0. The van der Waals surface area contributed by atoms with Crippen molar-refractivity contribution in [2.45, 2.75) is 6.42 Å². The molecule has 1 amide bonds. The molecule has 1 aliphatic heterocycles. The maximum Gasteiger partial charge on any atom is 0.256 e. The summed E-state index contributed by atoms with van der Waals surface area (Å²) < 4.78 is 0. The Morgan fingerprint density at radius 1 is 1.24 bits per heavy atom. The van der Waals surface area contributed by atoms with Gasteiger partial charge in [-0.3, -0.25) is 9.78 Å². The van der Waals surface area contributed by atoms with Gasteiger partial charge in [0.15, 0.2) is 0 Å². The van der Waals surface area contributed by atoms with Crippen molar-refractivity contribution < 1.29 is 4.79 Å². The summed E-state index contributed by atoms with van der Waals surface area (Å²) in [6, 6.07) is 7.12. The smallest absolute Gasteiger partial charge is 0.256 e. The quantitative estimate of drug-likeness (QED) is 0.773. The first-order valence-corrected chi connectivity index (χ1v) is 8.28. The molecule has 25 heavy (non-hydrogen) atoms. The summed E-state index contributed by atoms with van der Waals surface area (Å²) in [6.07, 6.45) is 8.45. The fourth-order valence-corrected chi connectivity index (χ4v) is 3.02. The fraction of sp³-hybridized carbons (Fsp3) is 0.211. The van der Waals surface area contributed by atoms with Crippen LogP contribution >= 0.6 is 0 Å². The highest BCUT2D eigenvalue weighted by Crippen LogP contribution is 2.28. The molecule has 0 spiro atoms. The molecule has 3 aromatic rings. The van der Waals surface area contributed by atoms with Crippen molar-refractivity contribution in [3.63, 3.8) is 0 Å². The molecule has 6 nitrogen and oxygen atoms in total. The van der Waals surface area contributed by atoms with Gasteiger partial charge in [-0.15, -0.1) is 0 Å². The molecule has 1 aliphatic rings. The lowest BCUT2D eigenvalue weighted by molar-refractivity contribution is 0.102. The number of hydrogen-bond acceptors (Lipinski definition) is 4. The molecule has 6 heteroatoms. The molecule has 2 N–H and O–H groups in total. The number of nitrogens with zero attached hydrogens (tertiary/aromatic N) is 3. The van der Waals surface area contributed by atoms with Gasteiger partial charge in [-0.2, -0.15) is 0 Å². The minimum atomic E-state index is -0.190. The lowest BCUT2D eigenvalue weighted by Crippen LogP contribution is -2.23. The Bertz CT molecular complexity index is 945. The van der Waals surface area contributed by atoms with Crippen molar-refractivity contribution in [1.82, 2.24) is 19.9 Å². The topological polar surface area (TPSA) is 73.9 Å². The first kappa shape index (κ1) is 15.5. The van der Waals surface area contributed by atoms with Crippen LogP contribution in [0.1, 0.15) is 22.3 Å². The number of rotatable bonds is 3. The molecule has 0 unspecified atom stereocenters. The number of pyridine rings is 2. The van der Waals surface area contributed by atoms with E-state index in [2.05, 4.69) is 38.3 Å². The lowest BCUT2D eigenvalue weighted by atomic mass is 10.0. The number of hydrogen-bond donors (Lipinski definition) is 2. The first-order valence-electron chi connectivity index (χ1n) is 8.28. The fourth-order valence-electron chi connectivity index (χ4n) is 3.02. The van der Waals surface area contributed by atoms with E-state index >= 15 is 0 Å². The zero-order valence-corrected chi connectivity index (χ0v) is 14.0. The molecule has 3 aromatic heterocycles. The molecule has 0 aromatic carbocycles. The minimum absolute atomic E-state index is 0.190. The molecule has 0 bridgehead atoms. The van der Waals surface area contributed by atoms with Crippen molar-refractivity contribution >= 4 is 28.3 Å². The number of nitrogens with one attached hydrogen (secondary N) is 2. The molecule has 4 rings (SSSR count). The Kier molecular flexibility index (Phi) is 4.03. The highest BCUT2D eigenvalue weighted by Gasteiger charge is 2.15. The van der Waals surface area contributed by atoms with Crippen molar-refractivity contribution in [3.05, 3.63) is 60.1 Å². The monoisotopic (exact) mass is 333 g/mol. The van der Waals surface area contributed by atoms with E-state index in [0.29, 0.717) is 11.4 Å². The van der Waals surface area contributed by atoms with E-state index in [1.165, 1.54) is 5.57 Å². The summed E-state index contributed by atoms with van der Waals surface area (Å²) in [5.74, 6) is 0.355. The molecular formula is C19H19N5O. The van der Waals surface area contributed by atoms with Crippen molar-refractivity contribution in [2.75, 3.05) is 25.5 Å². The molecule has 0 atom stereocenters. The number of likely N-dealkylation sites (N-methyl/N-ethyl adjacent to an activating group) is 1. The second kappa shape index (κ2) is 6.49. The zero-order chi connectivity index (χ0) is 17.2. The van der Waals surface area contributed by atoms with E-state index in [9.17, 15) is 4.79 Å². The number of fused-ring (bicyclic) bond motifs is 1. The van der Waals surface area contributed by atoms with Gasteiger partial charge in [-0.05, 0) is 43.3 Å². The van der Waals surface area contributed by atoms with Gasteiger partial charge in [0, 0.05) is 42.8 Å². The molecule has 0 fully saturated rings. The zero-order valence-electron chi connectivity index (χ0n) is 14.0. The Hall–Kier alpha value is -2.99. The second-order valence-electron chi connectivity index (χ2n) is 6.23. The molecule has 126 valence electrons. The van der Waals surface area contributed by atoms with Crippen LogP contribution in [-0.4, -0.2) is 45.9 Å². The highest BCUT2D eigenvalue weighted by molar-refractivity contribution is 6.04. The van der Waals surface area contributed by atoms with Gasteiger partial charge in [-0.1, -0.05) is 6.08 Å². The molecule has 0 saturated heterocycles. The normalized spacial score (nSPS) is 15.2. The van der Waals surface area contributed by atoms with E-state index in [4.69, 9.17) is 0 Å². The van der Waals surface area contributed by atoms with E-state index in [1.807, 2.05) is 18.3 Å². The Morgan fingerprint density at radius 2 is 2.08 bits per heavy atom. The number of anilines is 1. The van der Waals surface area contributed by atoms with Gasteiger partial charge >= 0.3 is 0 Å². The third-order valence-electron chi connectivity index (χ3n) is 4.46. The van der Waals surface area contributed by atoms with Crippen molar-refractivity contribution in [2.24, 2.45) is 0 Å². The largest absolute Gasteiger partial charge is 0.359 e. The summed E-state index contributed by atoms with van der Waals surface area (Å²) in [5, 5.41) is 2.86. The maximum absolute atomic E-state index is 12.3. The van der Waals surface area contributed by atoms with Crippen LogP contribution in [0.4, 0.5) is 5.82 Å². The molecule has 0 saturated carbocycles. The SMILES string of the molecule is CN1CC=C(c2c[nH]c3ccc(NC(=O)c4ccncc4)nc23)CC1. The number of amides is 1. The van der Waals surface area contributed by atoms with Gasteiger partial charge in [0.1, 0.15) is 5.82 Å². The third kappa shape index (κ3) is 3.16. The molecule has 0 radical (unpaired) electrons. The van der Waals surface area contributed by atoms with Crippen LogP contribution in [0.2, 0.25) is 0 Å². The van der Waals surface area contributed by atoms with E-state index in [0.717, 1.165) is 36.1 Å². The molecule has 0 aliphatic carbocycles. The van der Waals surface area contributed by atoms with Gasteiger partial charge in [0.2, 0.25) is 0 Å². The van der Waals surface area contributed by atoms with Crippen LogP contribution in [0.3, 0.4) is 0 Å². The maximum atomic E-state index is 12.3. The molecular weight excluding hydrogens is 314 g/mol. The summed E-state index contributed by atoms with van der Waals surface area (Å²) in [7, 11) is 2.12. The van der Waals surface area contributed by atoms with Crippen LogP contribution < -0.4 is 5.32 Å². The predicted molar refractivity (Wildman–Crippen MR) is 98.4 cm³/mol. The van der Waals surface area contributed by atoms with Crippen LogP contribution in [0.15, 0.2) is 48.9 Å². The number of carbonyl (C=O) groups is 1. The van der Waals surface area contributed by atoms with Gasteiger partial charge in [0.05, 0.1) is 11.0 Å².